The van der Waals surface area contributed by atoms with Crippen LogP contribution < -0.4 is 0 Å². The van der Waals surface area contributed by atoms with Gasteiger partial charge in [-0.25, -0.2) is 0 Å². The molecule has 0 unspecified atom stereocenters. The molecule has 0 aromatic carbocycles. The standard InChI is InChI=1S/C20H26O5/c1-13(2)6-5-7-14(3)10-18-20(12-19(23)25-18)11-16(24-15(4)21)8-9-17(20)22/h6,8-10,16,18H,5,7,11-12H2,1-4H3/b14-10+/t16-,18-,20+/m1/s1. The smallest absolute Gasteiger partial charge is 0.307 e. The summed E-state index contributed by atoms with van der Waals surface area (Å²) in [5.74, 6) is -0.932. The molecule has 1 spiro atoms. The van der Waals surface area contributed by atoms with Crippen molar-refractivity contribution < 1.29 is 23.9 Å². The molecule has 1 saturated heterocycles. The Hall–Kier alpha value is -2.17. The highest BCUT2D eigenvalue weighted by Gasteiger charge is 2.55. The minimum atomic E-state index is -0.969. The lowest BCUT2D eigenvalue weighted by Crippen LogP contribution is -2.43. The van der Waals surface area contributed by atoms with Crippen LogP contribution in [0.2, 0.25) is 0 Å². The van der Waals surface area contributed by atoms with E-state index in [2.05, 4.69) is 19.9 Å². The molecule has 5 nitrogen and oxygen atoms in total. The topological polar surface area (TPSA) is 69.7 Å². The zero-order valence-electron chi connectivity index (χ0n) is 15.3. The largest absolute Gasteiger partial charge is 0.458 e. The van der Waals surface area contributed by atoms with Crippen LogP contribution in [0.5, 0.6) is 0 Å². The van der Waals surface area contributed by atoms with Gasteiger partial charge in [0, 0.05) is 13.3 Å². The molecule has 1 aliphatic carbocycles. The van der Waals surface area contributed by atoms with Crippen molar-refractivity contribution in [3.63, 3.8) is 0 Å². The third-order valence-electron chi connectivity index (χ3n) is 4.63. The summed E-state index contributed by atoms with van der Waals surface area (Å²) in [5, 5.41) is 0. The Morgan fingerprint density at radius 2 is 2.04 bits per heavy atom. The summed E-state index contributed by atoms with van der Waals surface area (Å²) in [6.45, 7) is 7.41. The summed E-state index contributed by atoms with van der Waals surface area (Å²) in [6.07, 6.45) is 7.96. The lowest BCUT2D eigenvalue weighted by atomic mass is 9.69. The van der Waals surface area contributed by atoms with Crippen LogP contribution in [0.15, 0.2) is 35.5 Å². The number of carbonyl (C=O) groups is 3. The van der Waals surface area contributed by atoms with Crippen LogP contribution in [0.3, 0.4) is 0 Å². The number of cyclic esters (lactones) is 1. The molecule has 0 aromatic heterocycles. The van der Waals surface area contributed by atoms with Crippen molar-refractivity contribution in [2.45, 2.75) is 65.6 Å². The Balaban J connectivity index is 2.20. The van der Waals surface area contributed by atoms with E-state index in [4.69, 9.17) is 9.47 Å². The number of ether oxygens (including phenoxy) is 2. The van der Waals surface area contributed by atoms with Crippen LogP contribution in [0, 0.1) is 5.41 Å². The molecule has 0 saturated carbocycles. The molecule has 1 fully saturated rings. The van der Waals surface area contributed by atoms with Gasteiger partial charge in [0.2, 0.25) is 0 Å². The molecule has 0 aromatic rings. The summed E-state index contributed by atoms with van der Waals surface area (Å²) >= 11 is 0. The zero-order chi connectivity index (χ0) is 18.6. The van der Waals surface area contributed by atoms with Gasteiger partial charge in [0.05, 0.1) is 11.8 Å². The number of allylic oxidation sites excluding steroid dienone is 4. The first kappa shape index (κ1) is 19.2. The number of carbonyl (C=O) groups excluding carboxylic acids is 3. The van der Waals surface area contributed by atoms with Gasteiger partial charge in [0.1, 0.15) is 12.2 Å². The van der Waals surface area contributed by atoms with E-state index in [-0.39, 0.29) is 24.6 Å². The summed E-state index contributed by atoms with van der Waals surface area (Å²) in [5.41, 5.74) is 1.36. The lowest BCUT2D eigenvalue weighted by molar-refractivity contribution is -0.148. The molecule has 2 aliphatic rings. The molecular formula is C20H26O5. The van der Waals surface area contributed by atoms with Gasteiger partial charge < -0.3 is 9.47 Å². The van der Waals surface area contributed by atoms with Crippen molar-refractivity contribution >= 4 is 17.7 Å². The average molecular weight is 346 g/mol. The lowest BCUT2D eigenvalue weighted by Gasteiger charge is -2.34. The summed E-state index contributed by atoms with van der Waals surface area (Å²) in [6, 6.07) is 0. The van der Waals surface area contributed by atoms with Crippen LogP contribution in [0.4, 0.5) is 0 Å². The summed E-state index contributed by atoms with van der Waals surface area (Å²) < 4.78 is 10.7. The second-order valence-electron chi connectivity index (χ2n) is 7.15. The number of hydrogen-bond acceptors (Lipinski definition) is 5. The van der Waals surface area contributed by atoms with Crippen LogP contribution in [0.25, 0.3) is 0 Å². The summed E-state index contributed by atoms with van der Waals surface area (Å²) in [7, 11) is 0. The van der Waals surface area contributed by atoms with Gasteiger partial charge in [0.15, 0.2) is 5.78 Å². The Bertz CT molecular complexity index is 651. The van der Waals surface area contributed by atoms with Gasteiger partial charge in [-0.2, -0.15) is 0 Å². The molecule has 1 heterocycles. The zero-order valence-corrected chi connectivity index (χ0v) is 15.3. The van der Waals surface area contributed by atoms with Gasteiger partial charge in [-0.15, -0.1) is 0 Å². The molecule has 0 bridgehead atoms. The van der Waals surface area contributed by atoms with Gasteiger partial charge in [0.25, 0.3) is 0 Å². The summed E-state index contributed by atoms with van der Waals surface area (Å²) in [4.78, 5) is 35.8. The van der Waals surface area contributed by atoms with Crippen LogP contribution in [0.1, 0.15) is 53.4 Å². The first-order chi connectivity index (χ1) is 11.7. The predicted molar refractivity (Wildman–Crippen MR) is 93.7 cm³/mol. The highest BCUT2D eigenvalue weighted by Crippen LogP contribution is 2.45. The quantitative estimate of drug-likeness (QED) is 0.563. The van der Waals surface area contributed by atoms with Crippen LogP contribution in [-0.2, 0) is 23.9 Å². The molecular weight excluding hydrogens is 320 g/mol. The Labute approximate surface area is 148 Å². The SMILES string of the molecule is CC(=O)O[C@@H]1C=CC(=O)[C@@]2(CC(=O)O[C@@H]2/C=C(\C)CCC=C(C)C)C1. The molecule has 0 amide bonds. The minimum absolute atomic E-state index is 0.0242. The fraction of sp³-hybridized carbons (Fsp3) is 0.550. The fourth-order valence-corrected chi connectivity index (χ4v) is 3.38. The Morgan fingerprint density at radius 1 is 1.32 bits per heavy atom. The molecule has 0 N–H and O–H groups in total. The van der Waals surface area contributed by atoms with Crippen molar-refractivity contribution in [1.82, 2.24) is 0 Å². The van der Waals surface area contributed by atoms with E-state index in [9.17, 15) is 14.4 Å². The van der Waals surface area contributed by atoms with E-state index in [1.165, 1.54) is 18.6 Å². The average Bonchev–Trinajstić information content (AvgIpc) is 2.78. The van der Waals surface area contributed by atoms with Crippen LogP contribution >= 0.6 is 0 Å². The van der Waals surface area contributed by atoms with Crippen molar-refractivity contribution in [1.29, 1.82) is 0 Å². The van der Waals surface area contributed by atoms with Gasteiger partial charge >= 0.3 is 11.9 Å². The number of esters is 2. The Kier molecular flexibility index (Phi) is 5.98. The van der Waals surface area contributed by atoms with E-state index >= 15 is 0 Å². The van der Waals surface area contributed by atoms with E-state index in [0.717, 1.165) is 18.4 Å². The van der Waals surface area contributed by atoms with Gasteiger partial charge in [-0.3, -0.25) is 14.4 Å². The highest BCUT2D eigenvalue weighted by molar-refractivity contribution is 6.00. The first-order valence-electron chi connectivity index (χ1n) is 8.63. The normalized spacial score (nSPS) is 28.9. The van der Waals surface area contributed by atoms with Crippen molar-refractivity contribution in [2.75, 3.05) is 0 Å². The minimum Gasteiger partial charge on any atom is -0.458 e. The predicted octanol–water partition coefficient (Wildman–Crippen LogP) is 3.44. The monoisotopic (exact) mass is 346 g/mol. The number of hydrogen-bond donors (Lipinski definition) is 0. The fourth-order valence-electron chi connectivity index (χ4n) is 3.38. The second kappa shape index (κ2) is 7.81. The van der Waals surface area contributed by atoms with Crippen LogP contribution in [-0.4, -0.2) is 29.9 Å². The molecule has 1 aliphatic heterocycles. The third-order valence-corrected chi connectivity index (χ3v) is 4.63. The Morgan fingerprint density at radius 3 is 2.68 bits per heavy atom. The van der Waals surface area contributed by atoms with Gasteiger partial charge in [-0.05, 0) is 51.8 Å². The van der Waals surface area contributed by atoms with Crippen molar-refractivity contribution in [3.05, 3.63) is 35.5 Å². The molecule has 25 heavy (non-hydrogen) atoms. The van der Waals surface area contributed by atoms with Gasteiger partial charge in [-0.1, -0.05) is 17.2 Å². The molecule has 2 rings (SSSR count). The number of ketones is 1. The maximum Gasteiger partial charge on any atom is 0.307 e. The molecule has 136 valence electrons. The van der Waals surface area contributed by atoms with Crippen molar-refractivity contribution in [2.24, 2.45) is 5.41 Å². The van der Waals surface area contributed by atoms with E-state index < -0.39 is 23.6 Å². The highest BCUT2D eigenvalue weighted by atomic mass is 16.6. The first-order valence-corrected chi connectivity index (χ1v) is 8.63. The molecule has 3 atom stereocenters. The van der Waals surface area contributed by atoms with E-state index in [1.807, 2.05) is 13.0 Å². The maximum atomic E-state index is 12.6. The maximum absolute atomic E-state index is 12.6. The second-order valence-corrected chi connectivity index (χ2v) is 7.15. The van der Waals surface area contributed by atoms with E-state index in [1.54, 1.807) is 6.08 Å². The number of rotatable bonds is 5. The van der Waals surface area contributed by atoms with Crippen molar-refractivity contribution in [3.8, 4) is 0 Å². The molecule has 5 heteroatoms. The van der Waals surface area contributed by atoms with E-state index in [0.29, 0.717) is 0 Å². The third kappa shape index (κ3) is 4.68. The molecule has 0 radical (unpaired) electrons.